The molecule has 6 aromatic rings. The Hall–Kier alpha value is -5.71. The number of anilines is 2. The van der Waals surface area contributed by atoms with Crippen LogP contribution in [-0.2, 0) is 6.42 Å². The lowest BCUT2D eigenvalue weighted by molar-refractivity contribution is 0.0682. The number of benzene rings is 6. The van der Waals surface area contributed by atoms with E-state index in [2.05, 4.69) is 67.2 Å². The van der Waals surface area contributed by atoms with Crippen molar-refractivity contribution < 1.29 is 34.8 Å². The molecule has 7 rings (SSSR count). The molecular formula is C42H40N2O7S. The lowest BCUT2D eigenvalue weighted by Gasteiger charge is -2.35. The number of hydrogen-bond donors (Lipinski definition) is 4. The predicted molar refractivity (Wildman–Crippen MR) is 206 cm³/mol. The van der Waals surface area contributed by atoms with E-state index in [1.54, 1.807) is 55.6 Å². The first kappa shape index (κ1) is 36.1. The van der Waals surface area contributed by atoms with Crippen LogP contribution < -0.4 is 9.64 Å². The van der Waals surface area contributed by atoms with Gasteiger partial charge in [-0.2, -0.15) is 0 Å². The summed E-state index contributed by atoms with van der Waals surface area (Å²) < 4.78 is 5.44. The van der Waals surface area contributed by atoms with E-state index in [1.807, 2.05) is 17.8 Å². The highest BCUT2D eigenvalue weighted by molar-refractivity contribution is 7.99. The Kier molecular flexibility index (Phi) is 10.6. The van der Waals surface area contributed by atoms with Crippen molar-refractivity contribution in [1.82, 2.24) is 4.90 Å². The van der Waals surface area contributed by atoms with Crippen molar-refractivity contribution in [2.75, 3.05) is 39.2 Å². The number of fused-ring (bicyclic) bond motifs is 4. The molecule has 266 valence electrons. The molecule has 9 nitrogen and oxygen atoms in total. The zero-order valence-corrected chi connectivity index (χ0v) is 30.1. The largest absolute Gasteiger partial charge is 0.507 e. The number of aromatic carboxylic acids is 2. The standard InChI is InChI=1S/C23H16O6.C19H24N2OS/c24-20-16(14-7-3-1-5-12(14)9-18(20)22(26)27)11-17-15-8-4-2-6-13(15)10-19(21(17)25)23(28)29;1-14(12-20(2)3)13-21-16-7-5-6-8-18(16)23-19-10-9-15(22-4)11-17(19)21/h1-10,24-25H,11H2,(H,26,27)(H,28,29);5-11,14H,12-13H2,1-4H3/t;14-/m.1/s1. The molecule has 0 bridgehead atoms. The summed E-state index contributed by atoms with van der Waals surface area (Å²) in [5, 5.41) is 42.8. The van der Waals surface area contributed by atoms with Crippen LogP contribution in [0.3, 0.4) is 0 Å². The second kappa shape index (κ2) is 15.3. The molecule has 0 aromatic heterocycles. The minimum absolute atomic E-state index is 0.0407. The fraction of sp³-hybridized carbons (Fsp3) is 0.190. The average molecular weight is 717 g/mol. The molecule has 0 aliphatic carbocycles. The molecule has 1 atom stereocenters. The van der Waals surface area contributed by atoms with Crippen molar-refractivity contribution in [1.29, 1.82) is 0 Å². The van der Waals surface area contributed by atoms with Crippen LogP contribution in [0.5, 0.6) is 17.2 Å². The number of nitrogens with zero attached hydrogens (tertiary/aromatic N) is 2. The van der Waals surface area contributed by atoms with Crippen LogP contribution >= 0.6 is 11.8 Å². The number of aromatic hydroxyl groups is 2. The van der Waals surface area contributed by atoms with Gasteiger partial charge in [-0.25, -0.2) is 9.59 Å². The Balaban J connectivity index is 0.000000183. The Morgan fingerprint density at radius 2 is 1.25 bits per heavy atom. The van der Waals surface area contributed by atoms with E-state index < -0.39 is 23.4 Å². The Morgan fingerprint density at radius 3 is 1.79 bits per heavy atom. The number of phenols is 2. The van der Waals surface area contributed by atoms with Crippen LogP contribution in [0.1, 0.15) is 38.8 Å². The molecule has 1 aliphatic rings. The van der Waals surface area contributed by atoms with Crippen LogP contribution in [0.25, 0.3) is 21.5 Å². The molecule has 4 N–H and O–H groups in total. The van der Waals surface area contributed by atoms with Crippen LogP contribution in [0.15, 0.2) is 113 Å². The predicted octanol–water partition coefficient (Wildman–Crippen LogP) is 8.89. The first-order valence-corrected chi connectivity index (χ1v) is 17.6. The highest BCUT2D eigenvalue weighted by Gasteiger charge is 2.26. The summed E-state index contributed by atoms with van der Waals surface area (Å²) in [6.07, 6.45) is -0.0407. The van der Waals surface area contributed by atoms with Gasteiger partial charge < -0.3 is 35.0 Å². The number of rotatable bonds is 9. The molecule has 0 spiro atoms. The summed E-state index contributed by atoms with van der Waals surface area (Å²) in [5.74, 6) is -1.87. The minimum Gasteiger partial charge on any atom is -0.507 e. The van der Waals surface area contributed by atoms with Crippen LogP contribution in [0, 0.1) is 5.92 Å². The van der Waals surface area contributed by atoms with Crippen molar-refractivity contribution in [2.24, 2.45) is 5.92 Å². The zero-order chi connectivity index (χ0) is 37.1. The molecule has 52 heavy (non-hydrogen) atoms. The number of carbonyl (C=O) groups is 2. The second-order valence-electron chi connectivity index (χ2n) is 13.1. The van der Waals surface area contributed by atoms with Gasteiger partial charge >= 0.3 is 11.9 Å². The molecule has 0 fully saturated rings. The van der Waals surface area contributed by atoms with Gasteiger partial charge in [-0.1, -0.05) is 79.3 Å². The summed E-state index contributed by atoms with van der Waals surface area (Å²) in [6, 6.07) is 31.8. The van der Waals surface area contributed by atoms with Crippen LogP contribution in [0.2, 0.25) is 0 Å². The van der Waals surface area contributed by atoms with Crippen molar-refractivity contribution in [3.05, 3.63) is 125 Å². The van der Waals surface area contributed by atoms with Crippen molar-refractivity contribution in [3.63, 3.8) is 0 Å². The van der Waals surface area contributed by atoms with Crippen molar-refractivity contribution >= 4 is 56.6 Å². The summed E-state index contributed by atoms with van der Waals surface area (Å²) in [6.45, 7) is 4.38. The van der Waals surface area contributed by atoms with Gasteiger partial charge in [-0.05, 0) is 78.0 Å². The van der Waals surface area contributed by atoms with Crippen LogP contribution in [-0.4, -0.2) is 71.6 Å². The number of carboxylic acids is 2. The third-order valence-corrected chi connectivity index (χ3v) is 10.2. The molecule has 10 heteroatoms. The van der Waals surface area contributed by atoms with E-state index in [0.717, 1.165) is 18.8 Å². The van der Waals surface area contributed by atoms with Gasteiger partial charge in [0.15, 0.2) is 0 Å². The summed E-state index contributed by atoms with van der Waals surface area (Å²) in [4.78, 5) is 30.5. The number of methoxy groups -OCH3 is 1. The molecule has 1 aliphatic heterocycles. The van der Waals surface area contributed by atoms with E-state index >= 15 is 0 Å². The SMILES string of the molecule is COc1ccc2c(c1)N(C[C@H](C)CN(C)C)c1ccccc1S2.O=C(O)c1cc2ccccc2c(Cc2c(O)c(C(=O)O)cc3ccccc23)c1O. The normalized spacial score (nSPS) is 12.5. The molecule has 0 amide bonds. The highest BCUT2D eigenvalue weighted by Crippen LogP contribution is 2.49. The second-order valence-corrected chi connectivity index (χ2v) is 14.2. The topological polar surface area (TPSA) is 131 Å². The fourth-order valence-electron chi connectivity index (χ4n) is 6.81. The van der Waals surface area contributed by atoms with Gasteiger partial charge in [0.25, 0.3) is 0 Å². The van der Waals surface area contributed by atoms with Gasteiger partial charge in [-0.15, -0.1) is 0 Å². The number of carboxylic acid groups (broad SMARTS) is 2. The van der Waals surface area contributed by atoms with Gasteiger partial charge in [0.2, 0.25) is 0 Å². The monoisotopic (exact) mass is 716 g/mol. The van der Waals surface area contributed by atoms with E-state index in [4.69, 9.17) is 4.74 Å². The van der Waals surface area contributed by atoms with Gasteiger partial charge in [0, 0.05) is 46.5 Å². The summed E-state index contributed by atoms with van der Waals surface area (Å²) >= 11 is 1.84. The van der Waals surface area contributed by atoms with Crippen LogP contribution in [0.4, 0.5) is 11.4 Å². The third kappa shape index (κ3) is 7.35. The van der Waals surface area contributed by atoms with E-state index in [1.165, 1.54) is 33.3 Å². The third-order valence-electron chi connectivity index (χ3n) is 9.07. The molecule has 0 saturated heterocycles. The lowest BCUT2D eigenvalue weighted by atomic mass is 9.90. The van der Waals surface area contributed by atoms with E-state index in [9.17, 15) is 30.0 Å². The molecule has 0 radical (unpaired) electrons. The molecule has 0 saturated carbocycles. The minimum atomic E-state index is -1.28. The molecule has 1 heterocycles. The summed E-state index contributed by atoms with van der Waals surface area (Å²) in [7, 11) is 5.99. The van der Waals surface area contributed by atoms with Crippen molar-refractivity contribution in [2.45, 2.75) is 23.1 Å². The average Bonchev–Trinajstić information content (AvgIpc) is 3.12. The maximum absolute atomic E-state index is 11.6. The molecule has 0 unspecified atom stereocenters. The fourth-order valence-corrected chi connectivity index (χ4v) is 7.89. The number of ether oxygens (including phenoxy) is 1. The first-order chi connectivity index (χ1) is 25.0. The maximum atomic E-state index is 11.6. The van der Waals surface area contributed by atoms with Gasteiger partial charge in [0.05, 0.1) is 18.5 Å². The van der Waals surface area contributed by atoms with Crippen molar-refractivity contribution in [3.8, 4) is 17.2 Å². The number of hydrogen-bond acceptors (Lipinski definition) is 8. The van der Waals surface area contributed by atoms with Gasteiger partial charge in [-0.3, -0.25) is 0 Å². The zero-order valence-electron chi connectivity index (χ0n) is 29.3. The van der Waals surface area contributed by atoms with Gasteiger partial charge in [0.1, 0.15) is 28.4 Å². The van der Waals surface area contributed by atoms with E-state index in [0.29, 0.717) is 38.6 Å². The Morgan fingerprint density at radius 1 is 0.731 bits per heavy atom. The number of para-hydroxylation sites is 1. The first-order valence-electron chi connectivity index (χ1n) is 16.8. The molecule has 6 aromatic carbocycles. The maximum Gasteiger partial charge on any atom is 0.339 e. The highest BCUT2D eigenvalue weighted by atomic mass is 32.2. The Labute approximate surface area is 306 Å². The summed E-state index contributed by atoms with van der Waals surface area (Å²) in [5.41, 5.74) is 2.66. The Bertz CT molecular complexity index is 2200. The lowest BCUT2D eigenvalue weighted by Crippen LogP contribution is -2.31. The smallest absolute Gasteiger partial charge is 0.339 e. The quantitative estimate of drug-likeness (QED) is 0.115. The van der Waals surface area contributed by atoms with E-state index in [-0.39, 0.29) is 17.5 Å². The molecular weight excluding hydrogens is 677 g/mol.